The fourth-order valence-corrected chi connectivity index (χ4v) is 2.74. The Balaban J connectivity index is 2.07. The van der Waals surface area contributed by atoms with Crippen LogP contribution in [0.5, 0.6) is 0 Å². The van der Waals surface area contributed by atoms with Crippen molar-refractivity contribution in [2.75, 3.05) is 6.54 Å². The topological polar surface area (TPSA) is 37.8 Å². The van der Waals surface area contributed by atoms with Gasteiger partial charge in [-0.05, 0) is 48.8 Å². The first kappa shape index (κ1) is 15.0. The molecule has 3 nitrogen and oxygen atoms in total. The molecular formula is C16H21N3S. The van der Waals surface area contributed by atoms with E-state index in [-0.39, 0.29) is 0 Å². The summed E-state index contributed by atoms with van der Waals surface area (Å²) in [4.78, 5) is 9.98. The third-order valence-electron chi connectivity index (χ3n) is 2.81. The highest BCUT2D eigenvalue weighted by Crippen LogP contribution is 2.27. The summed E-state index contributed by atoms with van der Waals surface area (Å²) in [6.45, 7) is 8.33. The van der Waals surface area contributed by atoms with Crippen LogP contribution in [0, 0.1) is 12.8 Å². The minimum Gasteiger partial charge on any atom is -0.312 e. The third kappa shape index (κ3) is 4.62. The molecule has 0 aliphatic heterocycles. The first-order valence-corrected chi connectivity index (χ1v) is 7.73. The van der Waals surface area contributed by atoms with Crippen molar-refractivity contribution < 1.29 is 0 Å². The monoisotopic (exact) mass is 287 g/mol. The summed E-state index contributed by atoms with van der Waals surface area (Å²) in [7, 11) is 0. The van der Waals surface area contributed by atoms with Gasteiger partial charge in [-0.1, -0.05) is 32.0 Å². The molecule has 0 aliphatic carbocycles. The normalized spacial score (nSPS) is 11.0. The highest BCUT2D eigenvalue weighted by atomic mass is 32.2. The van der Waals surface area contributed by atoms with Gasteiger partial charge in [0.1, 0.15) is 0 Å². The second-order valence-electron chi connectivity index (χ2n) is 5.22. The van der Waals surface area contributed by atoms with Gasteiger partial charge in [-0.3, -0.25) is 0 Å². The number of aryl methyl sites for hydroxylation is 1. The maximum Gasteiger partial charge on any atom is 0.192 e. The van der Waals surface area contributed by atoms with Crippen LogP contribution in [0.25, 0.3) is 0 Å². The van der Waals surface area contributed by atoms with Crippen LogP contribution >= 0.6 is 11.8 Å². The summed E-state index contributed by atoms with van der Waals surface area (Å²) in [5.74, 6) is 0.662. The minimum atomic E-state index is 0.662. The molecule has 0 amide bonds. The summed E-state index contributed by atoms with van der Waals surface area (Å²) in [5, 5.41) is 4.29. The highest BCUT2D eigenvalue weighted by Gasteiger charge is 2.06. The molecule has 0 fully saturated rings. The molecule has 0 spiro atoms. The second-order valence-corrected chi connectivity index (χ2v) is 6.22. The van der Waals surface area contributed by atoms with Crippen LogP contribution in [-0.4, -0.2) is 16.5 Å². The standard InChI is InChI=1S/C16H21N3S/c1-12(2)10-17-11-14-6-4-5-7-15(14)20-16-18-9-8-13(3)19-16/h4-9,12,17H,10-11H2,1-3H3. The molecule has 0 unspecified atom stereocenters. The fourth-order valence-electron chi connectivity index (χ4n) is 1.82. The van der Waals surface area contributed by atoms with Crippen molar-refractivity contribution in [3.05, 3.63) is 47.8 Å². The molecule has 0 saturated heterocycles. The Morgan fingerprint density at radius 1 is 1.20 bits per heavy atom. The average Bonchev–Trinajstić information content (AvgIpc) is 2.40. The Hall–Kier alpha value is -1.39. The van der Waals surface area contributed by atoms with Gasteiger partial charge in [0, 0.05) is 23.3 Å². The fraction of sp³-hybridized carbons (Fsp3) is 0.375. The second kappa shape index (κ2) is 7.41. The van der Waals surface area contributed by atoms with Gasteiger partial charge in [0.05, 0.1) is 0 Å². The maximum absolute atomic E-state index is 4.45. The Labute approximate surface area is 125 Å². The number of rotatable bonds is 6. The van der Waals surface area contributed by atoms with E-state index in [1.807, 2.05) is 19.2 Å². The zero-order chi connectivity index (χ0) is 14.4. The summed E-state index contributed by atoms with van der Waals surface area (Å²) in [6, 6.07) is 10.3. The lowest BCUT2D eigenvalue weighted by Gasteiger charge is -2.11. The van der Waals surface area contributed by atoms with Crippen molar-refractivity contribution in [3.63, 3.8) is 0 Å². The number of benzene rings is 1. The van der Waals surface area contributed by atoms with Crippen molar-refractivity contribution in [2.45, 2.75) is 37.4 Å². The molecule has 1 N–H and O–H groups in total. The van der Waals surface area contributed by atoms with E-state index in [1.54, 1.807) is 11.8 Å². The number of nitrogens with zero attached hydrogens (tertiary/aromatic N) is 2. The Kier molecular flexibility index (Phi) is 5.56. The maximum atomic E-state index is 4.45. The Bertz CT molecular complexity index is 555. The molecule has 106 valence electrons. The summed E-state index contributed by atoms with van der Waals surface area (Å²) in [6.07, 6.45) is 1.81. The van der Waals surface area contributed by atoms with Gasteiger partial charge in [0.15, 0.2) is 5.16 Å². The zero-order valence-electron chi connectivity index (χ0n) is 12.3. The van der Waals surface area contributed by atoms with Crippen LogP contribution in [0.15, 0.2) is 46.6 Å². The zero-order valence-corrected chi connectivity index (χ0v) is 13.1. The van der Waals surface area contributed by atoms with Crippen molar-refractivity contribution >= 4 is 11.8 Å². The molecule has 1 heterocycles. The molecule has 0 bridgehead atoms. The molecule has 0 aliphatic rings. The predicted molar refractivity (Wildman–Crippen MR) is 83.9 cm³/mol. The molecule has 4 heteroatoms. The SMILES string of the molecule is Cc1ccnc(Sc2ccccc2CNCC(C)C)n1. The van der Waals surface area contributed by atoms with Gasteiger partial charge in [0.25, 0.3) is 0 Å². The van der Waals surface area contributed by atoms with Gasteiger partial charge in [-0.15, -0.1) is 0 Å². The largest absolute Gasteiger partial charge is 0.312 e. The summed E-state index contributed by atoms with van der Waals surface area (Å²) < 4.78 is 0. The first-order valence-electron chi connectivity index (χ1n) is 6.91. The molecule has 1 aromatic heterocycles. The minimum absolute atomic E-state index is 0.662. The van der Waals surface area contributed by atoms with Gasteiger partial charge >= 0.3 is 0 Å². The van der Waals surface area contributed by atoms with E-state index in [4.69, 9.17) is 0 Å². The molecular weight excluding hydrogens is 266 g/mol. The number of aromatic nitrogens is 2. The highest BCUT2D eigenvalue weighted by molar-refractivity contribution is 7.99. The van der Waals surface area contributed by atoms with E-state index >= 15 is 0 Å². The summed E-state index contributed by atoms with van der Waals surface area (Å²) in [5.41, 5.74) is 2.29. The van der Waals surface area contributed by atoms with Crippen LogP contribution in [0.4, 0.5) is 0 Å². The van der Waals surface area contributed by atoms with Crippen LogP contribution in [0.3, 0.4) is 0 Å². The molecule has 20 heavy (non-hydrogen) atoms. The molecule has 0 atom stereocenters. The predicted octanol–water partition coefficient (Wildman–Crippen LogP) is 3.68. The van der Waals surface area contributed by atoms with Crippen LogP contribution in [0.1, 0.15) is 25.1 Å². The van der Waals surface area contributed by atoms with E-state index in [2.05, 4.69) is 53.4 Å². The number of hydrogen-bond donors (Lipinski definition) is 1. The molecule has 1 aromatic carbocycles. The van der Waals surface area contributed by atoms with Gasteiger partial charge < -0.3 is 5.32 Å². The van der Waals surface area contributed by atoms with Crippen molar-refractivity contribution in [2.24, 2.45) is 5.92 Å². The lowest BCUT2D eigenvalue weighted by atomic mass is 10.2. The van der Waals surface area contributed by atoms with Gasteiger partial charge in [-0.25, -0.2) is 9.97 Å². The quantitative estimate of drug-likeness (QED) is 0.822. The number of nitrogens with one attached hydrogen (secondary N) is 1. The average molecular weight is 287 g/mol. The van der Waals surface area contributed by atoms with E-state index in [0.29, 0.717) is 5.92 Å². The first-order chi connectivity index (χ1) is 9.65. The van der Waals surface area contributed by atoms with Gasteiger partial charge in [0.2, 0.25) is 0 Å². The molecule has 2 aromatic rings. The smallest absolute Gasteiger partial charge is 0.192 e. The molecule has 0 radical (unpaired) electrons. The van der Waals surface area contributed by atoms with Crippen molar-refractivity contribution in [3.8, 4) is 0 Å². The molecule has 0 saturated carbocycles. The van der Waals surface area contributed by atoms with Crippen molar-refractivity contribution in [1.82, 2.24) is 15.3 Å². The van der Waals surface area contributed by atoms with E-state index in [1.165, 1.54) is 10.5 Å². The van der Waals surface area contributed by atoms with E-state index in [9.17, 15) is 0 Å². The number of hydrogen-bond acceptors (Lipinski definition) is 4. The van der Waals surface area contributed by atoms with Crippen LogP contribution < -0.4 is 5.32 Å². The third-order valence-corrected chi connectivity index (χ3v) is 3.81. The Morgan fingerprint density at radius 2 is 2.00 bits per heavy atom. The van der Waals surface area contributed by atoms with Gasteiger partial charge in [-0.2, -0.15) is 0 Å². The van der Waals surface area contributed by atoms with E-state index < -0.39 is 0 Å². The lowest BCUT2D eigenvalue weighted by molar-refractivity contribution is 0.550. The van der Waals surface area contributed by atoms with E-state index in [0.717, 1.165) is 23.9 Å². The lowest BCUT2D eigenvalue weighted by Crippen LogP contribution is -2.19. The molecule has 2 rings (SSSR count). The Morgan fingerprint density at radius 3 is 2.75 bits per heavy atom. The summed E-state index contributed by atoms with van der Waals surface area (Å²) >= 11 is 1.62. The van der Waals surface area contributed by atoms with Crippen LogP contribution in [0.2, 0.25) is 0 Å². The van der Waals surface area contributed by atoms with Crippen molar-refractivity contribution in [1.29, 1.82) is 0 Å². The van der Waals surface area contributed by atoms with Crippen LogP contribution in [-0.2, 0) is 6.54 Å².